The van der Waals surface area contributed by atoms with Crippen LogP contribution in [0, 0.1) is 0 Å². The molecule has 6 rings (SSSR count). The first-order chi connectivity index (χ1) is 22.1. The molecule has 0 saturated carbocycles. The van der Waals surface area contributed by atoms with Crippen LogP contribution >= 0.6 is 0 Å². The summed E-state index contributed by atoms with van der Waals surface area (Å²) >= 11 is 0. The van der Waals surface area contributed by atoms with Gasteiger partial charge in [0.25, 0.3) is 23.6 Å². The molecule has 0 spiro atoms. The monoisotopic (exact) mass is 624 g/mol. The number of benzene rings is 3. The first-order valence-corrected chi connectivity index (χ1v) is 14.3. The van der Waals surface area contributed by atoms with E-state index in [4.69, 9.17) is 9.47 Å². The van der Waals surface area contributed by atoms with E-state index in [1.165, 1.54) is 56.5 Å². The molecule has 3 heterocycles. The molecular formula is C33H28N4O9. The van der Waals surface area contributed by atoms with E-state index in [1.807, 2.05) is 0 Å². The third kappa shape index (κ3) is 4.64. The van der Waals surface area contributed by atoms with Crippen molar-refractivity contribution in [3.8, 4) is 11.5 Å². The summed E-state index contributed by atoms with van der Waals surface area (Å²) in [7, 11) is 1.33. The fraction of sp³-hybridized carbons (Fsp3) is 0.212. The zero-order chi connectivity index (χ0) is 32.9. The van der Waals surface area contributed by atoms with E-state index in [9.17, 15) is 33.9 Å². The van der Waals surface area contributed by atoms with Crippen molar-refractivity contribution in [1.29, 1.82) is 0 Å². The molecule has 3 aliphatic rings. The fourth-order valence-electron chi connectivity index (χ4n) is 5.92. The maximum absolute atomic E-state index is 14.5. The number of carbonyl (C=O) groups is 6. The van der Waals surface area contributed by atoms with Gasteiger partial charge < -0.3 is 14.6 Å². The number of hydrogen-bond donors (Lipinski definition) is 1. The van der Waals surface area contributed by atoms with Gasteiger partial charge in [-0.05, 0) is 55.8 Å². The average molecular weight is 625 g/mol. The number of allylic oxidation sites excluding steroid dienone is 1. The number of imide groups is 2. The van der Waals surface area contributed by atoms with Crippen LogP contribution < -0.4 is 4.74 Å². The predicted octanol–water partition coefficient (Wildman–Crippen LogP) is 3.52. The van der Waals surface area contributed by atoms with Crippen LogP contribution in [0.2, 0.25) is 0 Å². The minimum Gasteiger partial charge on any atom is -0.504 e. The normalized spacial score (nSPS) is 17.6. The van der Waals surface area contributed by atoms with Crippen LogP contribution in [0.4, 0.5) is 4.79 Å². The molecular weight excluding hydrogens is 596 g/mol. The number of carbonyl (C=O) groups excluding carboxylic acids is 6. The molecule has 3 aromatic carbocycles. The molecule has 234 valence electrons. The van der Waals surface area contributed by atoms with Gasteiger partial charge in [0.05, 0.1) is 47.6 Å². The van der Waals surface area contributed by atoms with E-state index in [0.29, 0.717) is 5.56 Å². The van der Waals surface area contributed by atoms with Crippen LogP contribution in [0.25, 0.3) is 0 Å². The standard InChI is InChI=1S/C33H28N4O9/c1-4-46-32(43)26-18(2)34(16-36-28(39)20-9-5-6-10-21(20)29(36)40)33(44)35(27(26)19-13-14-24(38)25(15-19)45-3)17-37-30(41)22-11-7-8-12-23(22)31(37)42/h5-15,27,38H,4,16-17H2,1-3H3. The maximum Gasteiger partial charge on any atom is 0.338 e. The van der Waals surface area contributed by atoms with Gasteiger partial charge in [-0.2, -0.15) is 0 Å². The number of esters is 1. The SMILES string of the molecule is CCOC(=O)C1=C(C)N(CN2C(=O)c3ccccc3C2=O)C(=O)N(CN2C(=O)c3ccccc3C2=O)C1c1ccc(O)c(OC)c1. The highest BCUT2D eigenvalue weighted by Gasteiger charge is 2.48. The Morgan fingerprint density at radius 2 is 1.26 bits per heavy atom. The maximum atomic E-state index is 14.5. The lowest BCUT2D eigenvalue weighted by atomic mass is 9.93. The second-order valence-electron chi connectivity index (χ2n) is 10.7. The summed E-state index contributed by atoms with van der Waals surface area (Å²) in [6, 6.07) is 14.6. The Labute approximate surface area is 262 Å². The highest BCUT2D eigenvalue weighted by molar-refractivity contribution is 6.22. The summed E-state index contributed by atoms with van der Waals surface area (Å²) in [6.45, 7) is 1.89. The third-order valence-electron chi connectivity index (χ3n) is 8.20. The van der Waals surface area contributed by atoms with E-state index in [2.05, 4.69) is 0 Å². The molecule has 3 aromatic rings. The zero-order valence-electron chi connectivity index (χ0n) is 25.1. The zero-order valence-corrected chi connectivity index (χ0v) is 25.1. The van der Waals surface area contributed by atoms with Gasteiger partial charge >= 0.3 is 12.0 Å². The molecule has 1 unspecified atom stereocenters. The molecule has 13 nitrogen and oxygen atoms in total. The van der Waals surface area contributed by atoms with Gasteiger partial charge in [0, 0.05) is 5.70 Å². The smallest absolute Gasteiger partial charge is 0.338 e. The number of hydrogen-bond acceptors (Lipinski definition) is 9. The van der Waals surface area contributed by atoms with Crippen LogP contribution in [-0.4, -0.2) is 87.4 Å². The molecule has 0 aliphatic carbocycles. The molecule has 1 N–H and O–H groups in total. The van der Waals surface area contributed by atoms with Crippen molar-refractivity contribution in [2.45, 2.75) is 19.9 Å². The van der Waals surface area contributed by atoms with Crippen LogP contribution in [-0.2, 0) is 9.53 Å². The van der Waals surface area contributed by atoms with E-state index in [0.717, 1.165) is 19.6 Å². The molecule has 0 bridgehead atoms. The highest BCUT2D eigenvalue weighted by atomic mass is 16.5. The van der Waals surface area contributed by atoms with E-state index < -0.39 is 55.0 Å². The van der Waals surface area contributed by atoms with Gasteiger partial charge in [0.15, 0.2) is 11.5 Å². The largest absolute Gasteiger partial charge is 0.504 e. The van der Waals surface area contributed by atoms with Gasteiger partial charge in [-0.3, -0.25) is 38.8 Å². The second-order valence-corrected chi connectivity index (χ2v) is 10.7. The quantitative estimate of drug-likeness (QED) is 0.293. The van der Waals surface area contributed by atoms with Crippen LogP contribution in [0.15, 0.2) is 78.0 Å². The van der Waals surface area contributed by atoms with Gasteiger partial charge in [0.2, 0.25) is 0 Å². The molecule has 0 aromatic heterocycles. The number of ether oxygens (including phenoxy) is 2. The minimum absolute atomic E-state index is 0.0218. The Morgan fingerprint density at radius 1 is 0.761 bits per heavy atom. The van der Waals surface area contributed by atoms with Crippen LogP contribution in [0.5, 0.6) is 11.5 Å². The van der Waals surface area contributed by atoms with Crippen molar-refractivity contribution in [1.82, 2.24) is 19.6 Å². The number of urea groups is 1. The van der Waals surface area contributed by atoms with E-state index in [-0.39, 0.29) is 51.6 Å². The number of phenols is 1. The van der Waals surface area contributed by atoms with E-state index in [1.54, 1.807) is 31.2 Å². The molecule has 0 saturated heterocycles. The number of nitrogens with zero attached hydrogens (tertiary/aromatic N) is 4. The van der Waals surface area contributed by atoms with Crippen molar-refractivity contribution < 1.29 is 43.3 Å². The lowest BCUT2D eigenvalue weighted by Crippen LogP contribution is -2.57. The highest BCUT2D eigenvalue weighted by Crippen LogP contribution is 2.41. The van der Waals surface area contributed by atoms with Gasteiger partial charge in [-0.15, -0.1) is 0 Å². The minimum atomic E-state index is -1.25. The molecule has 3 aliphatic heterocycles. The summed E-state index contributed by atoms with van der Waals surface area (Å²) in [5.41, 5.74) is 0.961. The lowest BCUT2D eigenvalue weighted by molar-refractivity contribution is -0.139. The van der Waals surface area contributed by atoms with Gasteiger partial charge in [-0.25, -0.2) is 9.59 Å². The van der Waals surface area contributed by atoms with Crippen LogP contribution in [0.1, 0.15) is 66.9 Å². The number of aromatic hydroxyl groups is 1. The van der Waals surface area contributed by atoms with Gasteiger partial charge in [-0.1, -0.05) is 30.3 Å². The summed E-state index contributed by atoms with van der Waals surface area (Å²) in [4.78, 5) is 85.6. The molecule has 46 heavy (non-hydrogen) atoms. The van der Waals surface area contributed by atoms with Crippen molar-refractivity contribution in [2.24, 2.45) is 0 Å². The number of methoxy groups -OCH3 is 1. The number of fused-ring (bicyclic) bond motifs is 2. The molecule has 0 fully saturated rings. The Hall–Kier alpha value is -5.98. The fourth-order valence-corrected chi connectivity index (χ4v) is 5.92. The molecule has 6 amide bonds. The molecule has 1 atom stereocenters. The van der Waals surface area contributed by atoms with Crippen molar-refractivity contribution in [3.63, 3.8) is 0 Å². The predicted molar refractivity (Wildman–Crippen MR) is 159 cm³/mol. The Kier molecular flexibility index (Phi) is 7.52. The van der Waals surface area contributed by atoms with Crippen molar-refractivity contribution in [2.75, 3.05) is 27.1 Å². The first kappa shape index (κ1) is 30.1. The van der Waals surface area contributed by atoms with Crippen molar-refractivity contribution >= 4 is 35.6 Å². The Balaban J connectivity index is 1.49. The summed E-state index contributed by atoms with van der Waals surface area (Å²) in [5, 5.41) is 10.3. The second kappa shape index (κ2) is 11.5. The topological polar surface area (TPSA) is 154 Å². The molecule has 13 heteroatoms. The van der Waals surface area contributed by atoms with Crippen LogP contribution in [0.3, 0.4) is 0 Å². The average Bonchev–Trinajstić information content (AvgIpc) is 3.44. The lowest BCUT2D eigenvalue weighted by Gasteiger charge is -2.44. The Morgan fingerprint density at radius 3 is 1.74 bits per heavy atom. The summed E-state index contributed by atoms with van der Waals surface area (Å²) < 4.78 is 10.7. The summed E-state index contributed by atoms with van der Waals surface area (Å²) in [5.74, 6) is -3.53. The number of rotatable bonds is 8. The molecule has 0 radical (unpaired) electrons. The van der Waals surface area contributed by atoms with Crippen molar-refractivity contribution in [3.05, 3.63) is 106 Å². The summed E-state index contributed by atoms with van der Waals surface area (Å²) in [6.07, 6.45) is 0. The number of phenolic OH excluding ortho intramolecular Hbond substituents is 1. The third-order valence-corrected chi connectivity index (χ3v) is 8.20. The van der Waals surface area contributed by atoms with E-state index >= 15 is 0 Å². The Bertz CT molecular complexity index is 1810. The first-order valence-electron chi connectivity index (χ1n) is 14.3. The van der Waals surface area contributed by atoms with Gasteiger partial charge in [0.1, 0.15) is 13.3 Å². The number of amides is 6.